The Kier molecular flexibility index (Phi) is 4.40. The van der Waals surface area contributed by atoms with Crippen LogP contribution in [0.25, 0.3) is 0 Å². The number of nitrogens with one attached hydrogen (secondary N) is 1. The Hall–Kier alpha value is -1.30. The van der Waals surface area contributed by atoms with Crippen LogP contribution in [0.3, 0.4) is 0 Å². The molecule has 2 aromatic rings. The first-order valence-electron chi connectivity index (χ1n) is 6.58. The Morgan fingerprint density at radius 2 is 2.00 bits per heavy atom. The number of halogens is 1. The molecule has 0 bridgehead atoms. The minimum atomic E-state index is 0.587. The first-order chi connectivity index (χ1) is 9.81. The van der Waals surface area contributed by atoms with E-state index in [4.69, 9.17) is 16.3 Å². The molecule has 2 heterocycles. The maximum absolute atomic E-state index is 5.81. The average molecular weight is 310 g/mol. The molecule has 6 heteroatoms. The van der Waals surface area contributed by atoms with E-state index in [2.05, 4.69) is 39.5 Å². The minimum Gasteiger partial charge on any atom is -0.380 e. The number of rotatable bonds is 4. The molecule has 106 valence electrons. The lowest BCUT2D eigenvalue weighted by atomic mass is 10.2. The molecule has 0 radical (unpaired) electrons. The molecule has 0 saturated carbocycles. The van der Waals surface area contributed by atoms with Crippen molar-refractivity contribution in [2.24, 2.45) is 0 Å². The molecular weight excluding hydrogens is 294 g/mol. The number of nitrogens with zero attached hydrogens (tertiary/aromatic N) is 2. The summed E-state index contributed by atoms with van der Waals surface area (Å²) in [6.45, 7) is 4.30. The van der Waals surface area contributed by atoms with Gasteiger partial charge in [-0.25, -0.2) is 4.98 Å². The number of hydrogen-bond acceptors (Lipinski definition) is 5. The van der Waals surface area contributed by atoms with E-state index >= 15 is 0 Å². The highest BCUT2D eigenvalue weighted by molar-refractivity contribution is 7.15. The van der Waals surface area contributed by atoms with Crippen molar-refractivity contribution in [3.8, 4) is 0 Å². The zero-order valence-corrected chi connectivity index (χ0v) is 12.6. The van der Waals surface area contributed by atoms with E-state index in [-0.39, 0.29) is 0 Å². The number of hydrogen-bond donors (Lipinski definition) is 1. The van der Waals surface area contributed by atoms with Gasteiger partial charge in [0, 0.05) is 35.5 Å². The molecule has 0 amide bonds. The van der Waals surface area contributed by atoms with Crippen molar-refractivity contribution in [2.45, 2.75) is 6.54 Å². The summed E-state index contributed by atoms with van der Waals surface area (Å²) in [5.74, 6) is 0. The molecule has 1 aromatic carbocycles. The van der Waals surface area contributed by atoms with Crippen LogP contribution in [0, 0.1) is 0 Å². The van der Waals surface area contributed by atoms with Gasteiger partial charge in [0.25, 0.3) is 0 Å². The first-order valence-corrected chi connectivity index (χ1v) is 7.77. The molecule has 4 nitrogen and oxygen atoms in total. The van der Waals surface area contributed by atoms with Crippen LogP contribution < -0.4 is 10.2 Å². The van der Waals surface area contributed by atoms with Crippen molar-refractivity contribution in [1.29, 1.82) is 0 Å². The Balaban J connectivity index is 1.58. The molecule has 1 fully saturated rings. The zero-order chi connectivity index (χ0) is 13.8. The monoisotopic (exact) mass is 309 g/mol. The quantitative estimate of drug-likeness (QED) is 0.941. The summed E-state index contributed by atoms with van der Waals surface area (Å²) in [6.07, 6.45) is 1.81. The fraction of sp³-hybridized carbons (Fsp3) is 0.357. The van der Waals surface area contributed by atoms with Gasteiger partial charge in [0.1, 0.15) is 0 Å². The normalized spacial score (nSPS) is 15.3. The summed E-state index contributed by atoms with van der Waals surface area (Å²) in [5, 5.41) is 3.37. The summed E-state index contributed by atoms with van der Waals surface area (Å²) in [5.41, 5.74) is 2.35. The average Bonchev–Trinajstić information content (AvgIpc) is 2.92. The Morgan fingerprint density at radius 1 is 1.25 bits per heavy atom. The van der Waals surface area contributed by atoms with Crippen molar-refractivity contribution in [3.63, 3.8) is 0 Å². The van der Waals surface area contributed by atoms with Crippen LogP contribution in [0.5, 0.6) is 0 Å². The van der Waals surface area contributed by atoms with Gasteiger partial charge in [-0.2, -0.15) is 0 Å². The van der Waals surface area contributed by atoms with Crippen LogP contribution in [-0.2, 0) is 11.3 Å². The van der Waals surface area contributed by atoms with Crippen LogP contribution in [0.4, 0.5) is 11.4 Å². The number of thiazole rings is 1. The highest BCUT2D eigenvalue weighted by Gasteiger charge is 2.10. The van der Waals surface area contributed by atoms with Gasteiger partial charge in [-0.1, -0.05) is 11.6 Å². The number of ether oxygens (including phenoxy) is 1. The summed E-state index contributed by atoms with van der Waals surface area (Å²) < 4.78 is 5.95. The molecule has 1 saturated heterocycles. The summed E-state index contributed by atoms with van der Waals surface area (Å²) >= 11 is 7.32. The van der Waals surface area contributed by atoms with Gasteiger partial charge >= 0.3 is 0 Å². The third-order valence-electron chi connectivity index (χ3n) is 3.24. The molecule has 0 spiro atoms. The minimum absolute atomic E-state index is 0.587. The second-order valence-corrected chi connectivity index (χ2v) is 6.28. The van der Waals surface area contributed by atoms with Crippen LogP contribution in [-0.4, -0.2) is 31.3 Å². The largest absolute Gasteiger partial charge is 0.380 e. The van der Waals surface area contributed by atoms with Gasteiger partial charge in [-0.05, 0) is 24.3 Å². The smallest absolute Gasteiger partial charge is 0.183 e. The molecule has 1 aromatic heterocycles. The third-order valence-corrected chi connectivity index (χ3v) is 4.35. The predicted octanol–water partition coefficient (Wildman–Crippen LogP) is 3.25. The van der Waals surface area contributed by atoms with E-state index in [1.54, 1.807) is 0 Å². The molecule has 1 N–H and O–H groups in total. The molecule has 0 atom stereocenters. The molecule has 1 aliphatic rings. The maximum Gasteiger partial charge on any atom is 0.183 e. The Morgan fingerprint density at radius 3 is 2.65 bits per heavy atom. The SMILES string of the molecule is Clc1ncc(CNc2ccc(N3CCOCC3)cc2)s1. The van der Waals surface area contributed by atoms with Crippen LogP contribution in [0.2, 0.25) is 4.47 Å². The van der Waals surface area contributed by atoms with Crippen molar-refractivity contribution in [1.82, 2.24) is 4.98 Å². The molecule has 1 aliphatic heterocycles. The molecular formula is C14H16ClN3OS. The topological polar surface area (TPSA) is 37.4 Å². The van der Waals surface area contributed by atoms with Gasteiger partial charge in [-0.15, -0.1) is 11.3 Å². The number of aromatic nitrogens is 1. The van der Waals surface area contributed by atoms with Gasteiger partial charge in [0.05, 0.1) is 19.8 Å². The highest BCUT2D eigenvalue weighted by atomic mass is 35.5. The third kappa shape index (κ3) is 3.42. The van der Waals surface area contributed by atoms with E-state index in [0.717, 1.165) is 43.4 Å². The number of morpholine rings is 1. The standard InChI is InChI=1S/C14H16ClN3OS/c15-14-17-10-13(20-14)9-16-11-1-3-12(4-2-11)18-5-7-19-8-6-18/h1-4,10,16H,5-9H2. The second kappa shape index (κ2) is 6.43. The van der Waals surface area contributed by atoms with Crippen molar-refractivity contribution < 1.29 is 4.74 Å². The maximum atomic E-state index is 5.81. The zero-order valence-electron chi connectivity index (χ0n) is 11.0. The second-order valence-electron chi connectivity index (χ2n) is 4.58. The Labute approximate surface area is 127 Å². The summed E-state index contributed by atoms with van der Waals surface area (Å²) in [4.78, 5) is 7.50. The van der Waals surface area contributed by atoms with E-state index in [1.807, 2.05) is 6.20 Å². The molecule has 20 heavy (non-hydrogen) atoms. The van der Waals surface area contributed by atoms with E-state index < -0.39 is 0 Å². The van der Waals surface area contributed by atoms with Gasteiger partial charge in [0.15, 0.2) is 4.47 Å². The summed E-state index contributed by atoms with van der Waals surface area (Å²) in [7, 11) is 0. The fourth-order valence-electron chi connectivity index (χ4n) is 2.17. The van der Waals surface area contributed by atoms with Gasteiger partial charge < -0.3 is 15.0 Å². The van der Waals surface area contributed by atoms with Gasteiger partial charge in [-0.3, -0.25) is 0 Å². The number of anilines is 2. The van der Waals surface area contributed by atoms with Crippen molar-refractivity contribution >= 4 is 34.3 Å². The van der Waals surface area contributed by atoms with Crippen LogP contribution in [0.15, 0.2) is 30.5 Å². The first kappa shape index (κ1) is 13.7. The highest BCUT2D eigenvalue weighted by Crippen LogP contribution is 2.21. The molecule has 3 rings (SSSR count). The Bertz CT molecular complexity index is 552. The van der Waals surface area contributed by atoms with Crippen molar-refractivity contribution in [3.05, 3.63) is 39.8 Å². The lowest BCUT2D eigenvalue weighted by Gasteiger charge is -2.28. The van der Waals surface area contributed by atoms with E-state index in [1.165, 1.54) is 17.0 Å². The lowest BCUT2D eigenvalue weighted by Crippen LogP contribution is -2.36. The predicted molar refractivity (Wildman–Crippen MR) is 83.9 cm³/mol. The fourth-order valence-corrected chi connectivity index (χ4v) is 3.08. The van der Waals surface area contributed by atoms with Crippen molar-refractivity contribution in [2.75, 3.05) is 36.5 Å². The number of benzene rings is 1. The van der Waals surface area contributed by atoms with Gasteiger partial charge in [0.2, 0.25) is 0 Å². The van der Waals surface area contributed by atoms with Crippen LogP contribution in [0.1, 0.15) is 4.88 Å². The lowest BCUT2D eigenvalue weighted by molar-refractivity contribution is 0.122. The van der Waals surface area contributed by atoms with Crippen LogP contribution >= 0.6 is 22.9 Å². The molecule has 0 unspecified atom stereocenters. The molecule has 0 aliphatic carbocycles. The summed E-state index contributed by atoms with van der Waals surface area (Å²) in [6, 6.07) is 8.50. The van der Waals surface area contributed by atoms with E-state index in [9.17, 15) is 0 Å². The van der Waals surface area contributed by atoms with E-state index in [0.29, 0.717) is 4.47 Å².